The van der Waals surface area contributed by atoms with Gasteiger partial charge >= 0.3 is 37.3 Å². The van der Waals surface area contributed by atoms with E-state index < -0.39 is 0 Å². The maximum atomic E-state index is 0. The molecule has 0 aliphatic heterocycles. The van der Waals surface area contributed by atoms with E-state index in [1.165, 1.54) is 0 Å². The Balaban J connectivity index is 0. The second-order valence-corrected chi connectivity index (χ2v) is 0. The molecule has 0 saturated heterocycles. The van der Waals surface area contributed by atoms with Gasteiger partial charge in [-0.15, -0.1) is 0 Å². The number of nitrogens with two attached hydrogens (primary N) is 3. The minimum Gasteiger partial charge on any atom is -0.693 e. The third-order valence-corrected chi connectivity index (χ3v) is 0. The number of hydrogen-bond donors (Lipinski definition) is 0. The van der Waals surface area contributed by atoms with Crippen molar-refractivity contribution < 1.29 is 37.3 Å². The van der Waals surface area contributed by atoms with Crippen molar-refractivity contribution in [2.75, 3.05) is 0 Å². The summed E-state index contributed by atoms with van der Waals surface area (Å²) in [5.41, 5.74) is 0. The topological polar surface area (TPSA) is 100 Å². The summed E-state index contributed by atoms with van der Waals surface area (Å²) in [7, 11) is 0. The van der Waals surface area contributed by atoms with Crippen LogP contribution in [0.5, 0.6) is 0 Å². The van der Waals surface area contributed by atoms with Gasteiger partial charge in [0.05, 0.1) is 0 Å². The molecule has 6 N–H and O–H groups in total. The van der Waals surface area contributed by atoms with E-state index in [1.807, 2.05) is 0 Å². The summed E-state index contributed by atoms with van der Waals surface area (Å²) in [4.78, 5) is 0. The van der Waals surface area contributed by atoms with Crippen LogP contribution in [0.1, 0.15) is 0 Å². The fourth-order valence-electron chi connectivity index (χ4n) is 0. The van der Waals surface area contributed by atoms with Crippen molar-refractivity contribution in [1.29, 1.82) is 0 Å². The van der Waals surface area contributed by atoms with E-state index in [0.29, 0.717) is 0 Å². The Morgan fingerprint density at radius 2 is 0.500 bits per heavy atom. The Hall–Kier alpha value is 1.13. The van der Waals surface area contributed by atoms with E-state index in [-0.39, 0.29) is 55.8 Å². The minimum atomic E-state index is 0. The molecule has 0 atom stereocenters. The van der Waals surface area contributed by atoms with Gasteiger partial charge in [-0.25, -0.2) is 0 Å². The first-order valence-electron chi connectivity index (χ1n) is 0. The summed E-state index contributed by atoms with van der Waals surface area (Å²) in [6.07, 6.45) is 0. The fourth-order valence-corrected chi connectivity index (χ4v) is 0. The molecule has 0 aliphatic carbocycles. The quantitative estimate of drug-likeness (QED) is 0.591. The summed E-state index contributed by atoms with van der Waals surface area (Å²) >= 11 is 0. The fraction of sp³-hybridized carbons (Fsp3) is 0. The van der Waals surface area contributed by atoms with E-state index >= 15 is 0 Å². The zero-order valence-corrected chi connectivity index (χ0v) is 3.87. The monoisotopic (exact) mass is 214 g/mol. The van der Waals surface area contributed by atoms with Crippen LogP contribution in [0.2, 0.25) is 0 Å². The second-order valence-electron chi connectivity index (χ2n) is 0. The van der Waals surface area contributed by atoms with E-state index in [9.17, 15) is 0 Å². The molecule has 0 heterocycles. The molecule has 33 valence electrons. The molecule has 3 nitrogen and oxygen atoms in total. The predicted octanol–water partition coefficient (Wildman–Crippen LogP) is 2.15. The van der Waals surface area contributed by atoms with Crippen molar-refractivity contribution in [3.8, 4) is 0 Å². The molecule has 0 aliphatic rings. The van der Waals surface area contributed by atoms with Crippen LogP contribution < -0.4 is 0 Å². The predicted molar refractivity (Wildman–Crippen MR) is 15.9 cm³/mol. The third-order valence-electron chi connectivity index (χ3n) is 0. The molecule has 0 fully saturated rings. The molecular formula is H6ErN3. The zero-order chi connectivity index (χ0) is 0. The van der Waals surface area contributed by atoms with Crippen LogP contribution in [0.4, 0.5) is 0 Å². The average Bonchev–Trinajstić information content (AvgIpc) is 0. The summed E-state index contributed by atoms with van der Waals surface area (Å²) in [5.74, 6) is 0. The summed E-state index contributed by atoms with van der Waals surface area (Å²) in [6, 6.07) is 0. The van der Waals surface area contributed by atoms with Gasteiger partial charge in [0.1, 0.15) is 0 Å². The SMILES string of the molecule is [Er+3].[NH2-].[NH2-].[NH2-]. The van der Waals surface area contributed by atoms with Crippen molar-refractivity contribution in [1.82, 2.24) is 0 Å². The first kappa shape index (κ1) is 68.8. The maximum Gasteiger partial charge on any atom is 3.00 e. The number of hydrogen-bond acceptors (Lipinski definition) is 0. The van der Waals surface area contributed by atoms with Crippen molar-refractivity contribution in [2.24, 2.45) is 0 Å². The molecule has 0 bridgehead atoms. The Labute approximate surface area is 55.5 Å². The van der Waals surface area contributed by atoms with E-state index in [4.69, 9.17) is 0 Å². The molecule has 0 rings (SSSR count). The summed E-state index contributed by atoms with van der Waals surface area (Å²) in [6.45, 7) is 0. The van der Waals surface area contributed by atoms with Gasteiger partial charge in [0.15, 0.2) is 0 Å². The molecule has 0 aromatic carbocycles. The molecule has 0 amide bonds. The maximum absolute atomic E-state index is 0. The van der Waals surface area contributed by atoms with Crippen molar-refractivity contribution in [3.63, 3.8) is 0 Å². The van der Waals surface area contributed by atoms with Crippen LogP contribution in [0.15, 0.2) is 0 Å². The van der Waals surface area contributed by atoms with Gasteiger partial charge in [-0.05, 0) is 0 Å². The first-order valence-corrected chi connectivity index (χ1v) is 0. The molecule has 1 radical (unpaired) electrons. The van der Waals surface area contributed by atoms with E-state index in [0.717, 1.165) is 0 Å². The first-order chi connectivity index (χ1) is 0. The molecular weight excluding hydrogens is 209 g/mol. The standard InChI is InChI=1S/Er.3H2N/h;3*1H2/q+3;3*-1. The summed E-state index contributed by atoms with van der Waals surface area (Å²) < 4.78 is 0. The Morgan fingerprint density at radius 3 is 0.500 bits per heavy atom. The van der Waals surface area contributed by atoms with Gasteiger partial charge in [-0.2, -0.15) is 0 Å². The smallest absolute Gasteiger partial charge is 0.693 e. The van der Waals surface area contributed by atoms with Crippen LogP contribution in [0.3, 0.4) is 0 Å². The average molecular weight is 215 g/mol. The van der Waals surface area contributed by atoms with E-state index in [1.54, 1.807) is 0 Å². The van der Waals surface area contributed by atoms with Gasteiger partial charge in [-0.3, -0.25) is 0 Å². The molecule has 4 heavy (non-hydrogen) atoms. The van der Waals surface area contributed by atoms with Gasteiger partial charge in [0, 0.05) is 0 Å². The number of rotatable bonds is 0. The van der Waals surface area contributed by atoms with E-state index in [2.05, 4.69) is 0 Å². The van der Waals surface area contributed by atoms with Gasteiger partial charge in [0.2, 0.25) is 0 Å². The van der Waals surface area contributed by atoms with Crippen molar-refractivity contribution in [2.45, 2.75) is 0 Å². The molecule has 0 aromatic heterocycles. The minimum absolute atomic E-state index is 0. The third kappa shape index (κ3) is 11.1. The second kappa shape index (κ2) is 31.8. The molecule has 0 saturated carbocycles. The van der Waals surface area contributed by atoms with Crippen molar-refractivity contribution in [3.05, 3.63) is 18.5 Å². The van der Waals surface area contributed by atoms with Crippen LogP contribution in [0, 0.1) is 37.3 Å². The molecule has 4 heteroatoms. The van der Waals surface area contributed by atoms with Crippen LogP contribution in [-0.2, 0) is 0 Å². The molecule has 0 unspecified atom stereocenters. The van der Waals surface area contributed by atoms with Crippen LogP contribution in [-0.4, -0.2) is 0 Å². The molecule has 0 aromatic rings. The Kier molecular flexibility index (Phi) is 546. The van der Waals surface area contributed by atoms with Gasteiger partial charge in [-0.1, -0.05) is 0 Å². The zero-order valence-electron chi connectivity index (χ0n) is 2.02. The Morgan fingerprint density at radius 1 is 0.500 bits per heavy atom. The van der Waals surface area contributed by atoms with Crippen LogP contribution >= 0.6 is 0 Å². The molecule has 0 spiro atoms. The van der Waals surface area contributed by atoms with Gasteiger partial charge in [0.25, 0.3) is 0 Å². The Bertz CT molecular complexity index is 3.25. The largest absolute Gasteiger partial charge is 3.00 e. The van der Waals surface area contributed by atoms with Gasteiger partial charge < -0.3 is 18.5 Å². The van der Waals surface area contributed by atoms with Crippen molar-refractivity contribution >= 4 is 0 Å². The summed E-state index contributed by atoms with van der Waals surface area (Å²) in [5, 5.41) is 0. The van der Waals surface area contributed by atoms with Crippen LogP contribution in [0.25, 0.3) is 18.5 Å². The normalized spacial score (nSPS) is 0.